The van der Waals surface area contributed by atoms with E-state index in [9.17, 15) is 5.11 Å². The predicted molar refractivity (Wildman–Crippen MR) is 102 cm³/mol. The van der Waals surface area contributed by atoms with Crippen molar-refractivity contribution < 1.29 is 5.11 Å². The summed E-state index contributed by atoms with van der Waals surface area (Å²) in [6.45, 7) is 4.23. The average Bonchev–Trinajstić information content (AvgIpc) is 3.08. The standard InChI is InChI=1S/C18H26N6O/c1-4-21-17-15(19-2)9-14(23-18(17)20-3)12-5-6-16(22-10-12)24-8-7-13(25)11-24/h5-6,9-10,13,15,19,25H,4,7-8,11H2,1-3H3,(H,20,23)/b21-17+. The molecule has 2 aliphatic rings. The molecule has 3 heterocycles. The van der Waals surface area contributed by atoms with E-state index in [0.717, 1.165) is 48.1 Å². The van der Waals surface area contributed by atoms with Gasteiger partial charge in [0.2, 0.25) is 0 Å². The lowest BCUT2D eigenvalue weighted by Crippen LogP contribution is -2.44. The minimum Gasteiger partial charge on any atom is -0.391 e. The Bertz CT molecular complexity index is 694. The summed E-state index contributed by atoms with van der Waals surface area (Å²) in [6.07, 6.45) is 4.47. The Morgan fingerprint density at radius 2 is 2.20 bits per heavy atom. The molecule has 1 fully saturated rings. The molecule has 0 aromatic carbocycles. The molecule has 1 saturated heterocycles. The molecule has 2 atom stereocenters. The highest BCUT2D eigenvalue weighted by atomic mass is 16.3. The zero-order valence-corrected chi connectivity index (χ0v) is 15.0. The maximum absolute atomic E-state index is 9.68. The molecule has 0 aliphatic carbocycles. The lowest BCUT2D eigenvalue weighted by atomic mass is 10.0. The Hall–Kier alpha value is -2.25. The van der Waals surface area contributed by atoms with Crippen LogP contribution in [0, 0.1) is 0 Å². The number of anilines is 1. The van der Waals surface area contributed by atoms with Crippen molar-refractivity contribution in [3.05, 3.63) is 30.0 Å². The van der Waals surface area contributed by atoms with Gasteiger partial charge in [0.05, 0.1) is 23.6 Å². The lowest BCUT2D eigenvalue weighted by Gasteiger charge is -2.23. The predicted octanol–water partition coefficient (Wildman–Crippen LogP) is 0.674. The third kappa shape index (κ3) is 3.72. The van der Waals surface area contributed by atoms with E-state index < -0.39 is 0 Å². The fourth-order valence-corrected chi connectivity index (χ4v) is 3.18. The van der Waals surface area contributed by atoms with Crippen LogP contribution in [0.4, 0.5) is 5.82 Å². The van der Waals surface area contributed by atoms with Crippen molar-refractivity contribution in [2.75, 3.05) is 38.6 Å². The van der Waals surface area contributed by atoms with E-state index in [1.165, 1.54) is 0 Å². The van der Waals surface area contributed by atoms with Gasteiger partial charge < -0.3 is 20.6 Å². The van der Waals surface area contributed by atoms with E-state index >= 15 is 0 Å². The Labute approximate surface area is 148 Å². The summed E-state index contributed by atoms with van der Waals surface area (Å²) in [5, 5.41) is 16.1. The van der Waals surface area contributed by atoms with E-state index in [0.29, 0.717) is 6.54 Å². The molecule has 3 rings (SSSR count). The monoisotopic (exact) mass is 342 g/mol. The van der Waals surface area contributed by atoms with Gasteiger partial charge in [0.15, 0.2) is 0 Å². The van der Waals surface area contributed by atoms with Gasteiger partial charge in [-0.3, -0.25) is 4.99 Å². The number of rotatable bonds is 4. The summed E-state index contributed by atoms with van der Waals surface area (Å²) in [7, 11) is 3.78. The number of aliphatic hydroxyl groups excluding tert-OH is 1. The number of aliphatic imine (C=N–C) groups is 2. The summed E-state index contributed by atoms with van der Waals surface area (Å²) in [4.78, 5) is 15.9. The first kappa shape index (κ1) is 17.6. The molecule has 0 amide bonds. The summed E-state index contributed by atoms with van der Waals surface area (Å²) >= 11 is 0. The van der Waals surface area contributed by atoms with Crippen molar-refractivity contribution in [2.24, 2.45) is 9.98 Å². The first-order valence-corrected chi connectivity index (χ1v) is 8.76. The van der Waals surface area contributed by atoms with Crippen LogP contribution < -0.4 is 15.5 Å². The number of nitrogens with one attached hydrogen (secondary N) is 2. The van der Waals surface area contributed by atoms with Gasteiger partial charge >= 0.3 is 0 Å². The molecule has 2 aliphatic heterocycles. The van der Waals surface area contributed by atoms with Gasteiger partial charge in [-0.1, -0.05) is 0 Å². The van der Waals surface area contributed by atoms with Crippen LogP contribution in [0.3, 0.4) is 0 Å². The van der Waals surface area contributed by atoms with Crippen LogP contribution in [0.5, 0.6) is 0 Å². The molecular weight excluding hydrogens is 316 g/mol. The Balaban J connectivity index is 1.85. The van der Waals surface area contributed by atoms with E-state index in [1.807, 2.05) is 39.3 Å². The molecular formula is C18H26N6O. The molecule has 134 valence electrons. The van der Waals surface area contributed by atoms with E-state index in [-0.39, 0.29) is 12.1 Å². The molecule has 1 aromatic rings. The quantitative estimate of drug-likeness (QED) is 0.749. The third-order valence-corrected chi connectivity index (χ3v) is 4.50. The number of likely N-dealkylation sites (N-methyl/N-ethyl adjacent to an activating group) is 1. The lowest BCUT2D eigenvalue weighted by molar-refractivity contribution is 0.198. The summed E-state index contributed by atoms with van der Waals surface area (Å²) in [5.41, 5.74) is 2.76. The minimum atomic E-state index is -0.252. The van der Waals surface area contributed by atoms with Gasteiger partial charge in [-0.05, 0) is 38.6 Å². The van der Waals surface area contributed by atoms with Crippen molar-refractivity contribution in [3.8, 4) is 0 Å². The zero-order chi connectivity index (χ0) is 17.8. The number of nitrogens with zero attached hydrogens (tertiary/aromatic N) is 4. The molecule has 0 spiro atoms. The van der Waals surface area contributed by atoms with Crippen LogP contribution >= 0.6 is 0 Å². The van der Waals surface area contributed by atoms with Crippen molar-refractivity contribution in [1.29, 1.82) is 0 Å². The normalized spacial score (nSPS) is 25.1. The van der Waals surface area contributed by atoms with Crippen LogP contribution in [0.25, 0.3) is 5.70 Å². The van der Waals surface area contributed by atoms with Crippen LogP contribution in [-0.2, 0) is 0 Å². The topological polar surface area (TPSA) is 85.1 Å². The molecule has 0 saturated carbocycles. The number of amidine groups is 1. The maximum atomic E-state index is 9.68. The molecule has 7 heteroatoms. The van der Waals surface area contributed by atoms with Crippen LogP contribution in [-0.4, -0.2) is 67.5 Å². The SMILES string of the molecule is CC/N=C1/C(NC)=NC(c2ccc(N3CCC(O)C3)nc2)=CC1NC. The second-order valence-electron chi connectivity index (χ2n) is 6.18. The van der Waals surface area contributed by atoms with Crippen molar-refractivity contribution in [3.63, 3.8) is 0 Å². The maximum Gasteiger partial charge on any atom is 0.149 e. The van der Waals surface area contributed by atoms with Crippen molar-refractivity contribution >= 4 is 23.1 Å². The molecule has 1 aromatic heterocycles. The van der Waals surface area contributed by atoms with E-state index in [1.54, 1.807) is 0 Å². The smallest absolute Gasteiger partial charge is 0.149 e. The molecule has 0 radical (unpaired) electrons. The fraction of sp³-hybridized carbons (Fsp3) is 0.500. The molecule has 2 unspecified atom stereocenters. The first-order valence-electron chi connectivity index (χ1n) is 8.76. The summed E-state index contributed by atoms with van der Waals surface area (Å²) < 4.78 is 0. The van der Waals surface area contributed by atoms with Crippen molar-refractivity contribution in [2.45, 2.75) is 25.5 Å². The van der Waals surface area contributed by atoms with Crippen LogP contribution in [0.15, 0.2) is 34.4 Å². The first-order chi connectivity index (χ1) is 12.2. The highest BCUT2D eigenvalue weighted by Gasteiger charge is 2.24. The van der Waals surface area contributed by atoms with Gasteiger partial charge in [-0.2, -0.15) is 0 Å². The number of aliphatic hydroxyl groups is 1. The number of pyridine rings is 1. The number of β-amino-alcohol motifs (C(OH)–C–C–N with tert-alkyl or cyclic N) is 1. The highest BCUT2D eigenvalue weighted by Crippen LogP contribution is 2.24. The fourth-order valence-electron chi connectivity index (χ4n) is 3.18. The van der Waals surface area contributed by atoms with Gasteiger partial charge in [0.25, 0.3) is 0 Å². The highest BCUT2D eigenvalue weighted by molar-refractivity contribution is 6.45. The van der Waals surface area contributed by atoms with Gasteiger partial charge in [0, 0.05) is 38.4 Å². The molecule has 7 nitrogen and oxygen atoms in total. The second-order valence-corrected chi connectivity index (χ2v) is 6.18. The van der Waals surface area contributed by atoms with Gasteiger partial charge in [-0.25, -0.2) is 9.98 Å². The number of hydrogen-bond donors (Lipinski definition) is 3. The van der Waals surface area contributed by atoms with Crippen LogP contribution in [0.2, 0.25) is 0 Å². The molecule has 25 heavy (non-hydrogen) atoms. The molecule has 0 bridgehead atoms. The Morgan fingerprint density at radius 3 is 2.76 bits per heavy atom. The number of hydrogen-bond acceptors (Lipinski definition) is 7. The van der Waals surface area contributed by atoms with Gasteiger partial charge in [-0.15, -0.1) is 0 Å². The largest absolute Gasteiger partial charge is 0.391 e. The summed E-state index contributed by atoms with van der Waals surface area (Å²) in [5.74, 6) is 1.68. The molecule has 3 N–H and O–H groups in total. The van der Waals surface area contributed by atoms with Crippen molar-refractivity contribution in [1.82, 2.24) is 15.6 Å². The average molecular weight is 342 g/mol. The van der Waals surface area contributed by atoms with Crippen LogP contribution in [0.1, 0.15) is 18.9 Å². The Kier molecular flexibility index (Phi) is 5.45. The second kappa shape index (κ2) is 7.76. The summed E-state index contributed by atoms with van der Waals surface area (Å²) in [6, 6.07) is 4.04. The number of aromatic nitrogens is 1. The minimum absolute atomic E-state index is 0.0169. The Morgan fingerprint density at radius 1 is 1.36 bits per heavy atom. The zero-order valence-electron chi connectivity index (χ0n) is 15.0. The van der Waals surface area contributed by atoms with E-state index in [4.69, 9.17) is 4.99 Å². The van der Waals surface area contributed by atoms with Gasteiger partial charge in [0.1, 0.15) is 11.7 Å². The third-order valence-electron chi connectivity index (χ3n) is 4.50. The van der Waals surface area contributed by atoms with E-state index in [2.05, 4.69) is 31.6 Å².